The van der Waals surface area contributed by atoms with Crippen molar-refractivity contribution in [3.63, 3.8) is 0 Å². The SMILES string of the molecule is CN(C)C(=O)COc1cccc(CNC(=O)CC2COCCN2)c1. The minimum Gasteiger partial charge on any atom is -0.484 e. The molecule has 24 heavy (non-hydrogen) atoms. The van der Waals surface area contributed by atoms with E-state index in [0.29, 0.717) is 31.9 Å². The van der Waals surface area contributed by atoms with Crippen molar-refractivity contribution in [3.8, 4) is 5.75 Å². The predicted octanol–water partition coefficient (Wildman–Crippen LogP) is 0.148. The first-order valence-electron chi connectivity index (χ1n) is 8.04. The lowest BCUT2D eigenvalue weighted by Gasteiger charge is -2.23. The molecule has 1 aliphatic heterocycles. The third-order valence-corrected chi connectivity index (χ3v) is 3.68. The third-order valence-electron chi connectivity index (χ3n) is 3.68. The summed E-state index contributed by atoms with van der Waals surface area (Å²) in [5.41, 5.74) is 0.922. The van der Waals surface area contributed by atoms with Gasteiger partial charge in [0.05, 0.1) is 13.2 Å². The summed E-state index contributed by atoms with van der Waals surface area (Å²) >= 11 is 0. The molecule has 0 spiro atoms. The first-order chi connectivity index (χ1) is 11.5. The number of nitrogens with zero attached hydrogens (tertiary/aromatic N) is 1. The molecular formula is C17H25N3O4. The summed E-state index contributed by atoms with van der Waals surface area (Å²) < 4.78 is 10.8. The van der Waals surface area contributed by atoms with Crippen LogP contribution in [0.2, 0.25) is 0 Å². The molecule has 7 nitrogen and oxygen atoms in total. The Morgan fingerprint density at radius 3 is 2.96 bits per heavy atom. The highest BCUT2D eigenvalue weighted by Gasteiger charge is 2.16. The molecule has 0 bridgehead atoms. The Bertz CT molecular complexity index is 557. The van der Waals surface area contributed by atoms with Crippen LogP contribution in [0.4, 0.5) is 0 Å². The number of ether oxygens (including phenoxy) is 2. The minimum absolute atomic E-state index is 0.00381. The van der Waals surface area contributed by atoms with E-state index in [0.717, 1.165) is 12.1 Å². The fourth-order valence-electron chi connectivity index (χ4n) is 2.27. The number of carbonyl (C=O) groups excluding carboxylic acids is 2. The van der Waals surface area contributed by atoms with Crippen LogP contribution in [-0.2, 0) is 20.9 Å². The largest absolute Gasteiger partial charge is 0.484 e. The number of nitrogens with one attached hydrogen (secondary N) is 2. The van der Waals surface area contributed by atoms with Gasteiger partial charge < -0.3 is 25.0 Å². The molecule has 1 atom stereocenters. The Labute approximate surface area is 142 Å². The Hall–Kier alpha value is -2.12. The molecule has 1 saturated heterocycles. The van der Waals surface area contributed by atoms with Crippen LogP contribution >= 0.6 is 0 Å². The molecule has 132 valence electrons. The number of likely N-dealkylation sites (N-methyl/N-ethyl adjacent to an activating group) is 1. The molecule has 1 aromatic carbocycles. The van der Waals surface area contributed by atoms with Crippen molar-refractivity contribution in [2.45, 2.75) is 19.0 Å². The van der Waals surface area contributed by atoms with Gasteiger partial charge in [0.15, 0.2) is 6.61 Å². The average Bonchev–Trinajstić information content (AvgIpc) is 2.59. The monoisotopic (exact) mass is 335 g/mol. The van der Waals surface area contributed by atoms with Gasteiger partial charge in [0.1, 0.15) is 5.75 Å². The third kappa shape index (κ3) is 6.17. The highest BCUT2D eigenvalue weighted by Crippen LogP contribution is 2.13. The highest BCUT2D eigenvalue weighted by atomic mass is 16.5. The number of hydrogen-bond acceptors (Lipinski definition) is 5. The summed E-state index contributed by atoms with van der Waals surface area (Å²) in [6.45, 7) is 2.46. The highest BCUT2D eigenvalue weighted by molar-refractivity contribution is 5.77. The van der Waals surface area contributed by atoms with E-state index >= 15 is 0 Å². The van der Waals surface area contributed by atoms with Crippen LogP contribution in [0, 0.1) is 0 Å². The van der Waals surface area contributed by atoms with Gasteiger partial charge in [-0.25, -0.2) is 0 Å². The van der Waals surface area contributed by atoms with Crippen LogP contribution in [-0.4, -0.2) is 63.2 Å². The lowest BCUT2D eigenvalue weighted by molar-refractivity contribution is -0.130. The minimum atomic E-state index is -0.101. The maximum Gasteiger partial charge on any atom is 0.259 e. The molecule has 1 fully saturated rings. The van der Waals surface area contributed by atoms with Gasteiger partial charge in [-0.1, -0.05) is 12.1 Å². The van der Waals surface area contributed by atoms with Gasteiger partial charge in [0.25, 0.3) is 5.91 Å². The van der Waals surface area contributed by atoms with Gasteiger partial charge in [0.2, 0.25) is 5.91 Å². The normalized spacial score (nSPS) is 17.2. The molecule has 2 amide bonds. The fourth-order valence-corrected chi connectivity index (χ4v) is 2.27. The number of hydrogen-bond donors (Lipinski definition) is 2. The lowest BCUT2D eigenvalue weighted by Crippen LogP contribution is -2.44. The van der Waals surface area contributed by atoms with Crippen molar-refractivity contribution < 1.29 is 19.1 Å². The van der Waals surface area contributed by atoms with Gasteiger partial charge in [-0.2, -0.15) is 0 Å². The Morgan fingerprint density at radius 1 is 1.42 bits per heavy atom. The van der Waals surface area contributed by atoms with E-state index in [9.17, 15) is 9.59 Å². The molecule has 2 rings (SSSR count). The van der Waals surface area contributed by atoms with Gasteiger partial charge >= 0.3 is 0 Å². The fraction of sp³-hybridized carbons (Fsp3) is 0.529. The van der Waals surface area contributed by atoms with Gasteiger partial charge in [-0.05, 0) is 17.7 Å². The summed E-state index contributed by atoms with van der Waals surface area (Å²) in [7, 11) is 3.37. The summed E-state index contributed by atoms with van der Waals surface area (Å²) in [4.78, 5) is 25.0. The first-order valence-corrected chi connectivity index (χ1v) is 8.04. The molecule has 1 aliphatic rings. The molecule has 0 radical (unpaired) electrons. The Morgan fingerprint density at radius 2 is 2.25 bits per heavy atom. The van der Waals surface area contributed by atoms with Gasteiger partial charge in [0, 0.05) is 39.6 Å². The molecule has 0 aromatic heterocycles. The number of carbonyl (C=O) groups is 2. The zero-order valence-electron chi connectivity index (χ0n) is 14.2. The van der Waals surface area contributed by atoms with Crippen molar-refractivity contribution >= 4 is 11.8 Å². The second kappa shape index (κ2) is 9.24. The van der Waals surface area contributed by atoms with E-state index in [1.54, 1.807) is 20.2 Å². The maximum atomic E-state index is 12.0. The summed E-state index contributed by atoms with van der Waals surface area (Å²) in [5, 5.41) is 6.14. The Balaban J connectivity index is 1.76. The maximum absolute atomic E-state index is 12.0. The topological polar surface area (TPSA) is 79.9 Å². The van der Waals surface area contributed by atoms with E-state index in [4.69, 9.17) is 9.47 Å². The quantitative estimate of drug-likeness (QED) is 0.741. The van der Waals surface area contributed by atoms with Crippen molar-refractivity contribution in [1.29, 1.82) is 0 Å². The van der Waals surface area contributed by atoms with Crippen molar-refractivity contribution in [1.82, 2.24) is 15.5 Å². The molecule has 0 aliphatic carbocycles. The zero-order chi connectivity index (χ0) is 17.4. The zero-order valence-corrected chi connectivity index (χ0v) is 14.2. The smallest absolute Gasteiger partial charge is 0.259 e. The van der Waals surface area contributed by atoms with Crippen LogP contribution < -0.4 is 15.4 Å². The van der Waals surface area contributed by atoms with E-state index in [1.165, 1.54) is 4.90 Å². The molecule has 1 aromatic rings. The van der Waals surface area contributed by atoms with Crippen molar-refractivity contribution in [2.75, 3.05) is 40.5 Å². The number of benzene rings is 1. The molecule has 2 N–H and O–H groups in total. The molecule has 0 saturated carbocycles. The van der Waals surface area contributed by atoms with E-state index in [-0.39, 0.29) is 24.5 Å². The van der Waals surface area contributed by atoms with E-state index in [2.05, 4.69) is 10.6 Å². The second-order valence-corrected chi connectivity index (χ2v) is 5.93. The first kappa shape index (κ1) is 18.2. The standard InChI is InChI=1S/C17H25N3O4/c1-20(2)17(22)12-24-15-5-3-4-13(8-15)10-19-16(21)9-14-11-23-7-6-18-14/h3-5,8,14,18H,6-7,9-12H2,1-2H3,(H,19,21). The van der Waals surface area contributed by atoms with Crippen LogP contribution in [0.5, 0.6) is 5.75 Å². The summed E-state index contributed by atoms with van der Waals surface area (Å²) in [6, 6.07) is 7.43. The predicted molar refractivity (Wildman–Crippen MR) is 89.7 cm³/mol. The van der Waals surface area contributed by atoms with Crippen LogP contribution in [0.15, 0.2) is 24.3 Å². The van der Waals surface area contributed by atoms with Crippen LogP contribution in [0.1, 0.15) is 12.0 Å². The van der Waals surface area contributed by atoms with Crippen molar-refractivity contribution in [3.05, 3.63) is 29.8 Å². The second-order valence-electron chi connectivity index (χ2n) is 5.93. The van der Waals surface area contributed by atoms with Crippen LogP contribution in [0.3, 0.4) is 0 Å². The molecular weight excluding hydrogens is 310 g/mol. The van der Waals surface area contributed by atoms with Gasteiger partial charge in [-0.15, -0.1) is 0 Å². The van der Waals surface area contributed by atoms with Crippen molar-refractivity contribution in [2.24, 2.45) is 0 Å². The number of morpholine rings is 1. The van der Waals surface area contributed by atoms with Crippen LogP contribution in [0.25, 0.3) is 0 Å². The van der Waals surface area contributed by atoms with Gasteiger partial charge in [-0.3, -0.25) is 9.59 Å². The average molecular weight is 335 g/mol. The Kier molecular flexibility index (Phi) is 7.02. The number of rotatable bonds is 7. The molecule has 1 unspecified atom stereocenters. The van der Waals surface area contributed by atoms with E-state index < -0.39 is 0 Å². The summed E-state index contributed by atoms with van der Waals surface area (Å²) in [6.07, 6.45) is 0.396. The summed E-state index contributed by atoms with van der Waals surface area (Å²) in [5.74, 6) is 0.488. The lowest BCUT2D eigenvalue weighted by atomic mass is 10.1. The molecule has 7 heteroatoms. The molecule has 1 heterocycles. The van der Waals surface area contributed by atoms with E-state index in [1.807, 2.05) is 18.2 Å². The number of amides is 2.